The quantitative estimate of drug-likeness (QED) is 0.827. The molecule has 0 bridgehead atoms. The highest BCUT2D eigenvalue weighted by Crippen LogP contribution is 2.27. The molecular formula is C16H22N2O2S. The van der Waals surface area contributed by atoms with Crippen LogP contribution in [0.5, 0.6) is 0 Å². The number of H-pyrrole nitrogens is 1. The number of ether oxygens (including phenoxy) is 1. The third-order valence-corrected chi connectivity index (χ3v) is 4.07. The summed E-state index contributed by atoms with van der Waals surface area (Å²) in [6.07, 6.45) is 1.11. The van der Waals surface area contributed by atoms with Gasteiger partial charge in [0.15, 0.2) is 0 Å². The molecule has 0 amide bonds. The normalized spacial score (nSPS) is 11.1. The van der Waals surface area contributed by atoms with Crippen molar-refractivity contribution >= 4 is 17.3 Å². The molecule has 5 heteroatoms. The number of aromatic amines is 1. The van der Waals surface area contributed by atoms with Gasteiger partial charge in [-0.1, -0.05) is 13.8 Å². The van der Waals surface area contributed by atoms with Gasteiger partial charge in [0.1, 0.15) is 5.82 Å². The van der Waals surface area contributed by atoms with Crippen LogP contribution in [0.25, 0.3) is 10.7 Å². The summed E-state index contributed by atoms with van der Waals surface area (Å²) in [5, 5.41) is 0. The largest absolute Gasteiger partial charge is 0.466 e. The van der Waals surface area contributed by atoms with Gasteiger partial charge in [-0.3, -0.25) is 4.79 Å². The molecular weight excluding hydrogens is 284 g/mol. The minimum absolute atomic E-state index is 0.208. The maximum Gasteiger partial charge on any atom is 0.311 e. The number of thiophene rings is 1. The van der Waals surface area contributed by atoms with Crippen LogP contribution in [0.2, 0.25) is 0 Å². The molecule has 2 heterocycles. The zero-order valence-corrected chi connectivity index (χ0v) is 13.8. The molecule has 0 atom stereocenters. The monoisotopic (exact) mass is 306 g/mol. The topological polar surface area (TPSA) is 55.0 Å². The summed E-state index contributed by atoms with van der Waals surface area (Å²) in [7, 11) is 0. The number of aromatic nitrogens is 2. The van der Waals surface area contributed by atoms with Crippen LogP contribution in [0.3, 0.4) is 0 Å². The van der Waals surface area contributed by atoms with Gasteiger partial charge < -0.3 is 9.72 Å². The summed E-state index contributed by atoms with van der Waals surface area (Å²) >= 11 is 1.70. The zero-order chi connectivity index (χ0) is 15.4. The van der Waals surface area contributed by atoms with Crippen LogP contribution in [-0.2, 0) is 22.4 Å². The van der Waals surface area contributed by atoms with Gasteiger partial charge in [0.05, 0.1) is 23.6 Å². The summed E-state index contributed by atoms with van der Waals surface area (Å²) in [6.45, 7) is 8.60. The van der Waals surface area contributed by atoms with Crippen molar-refractivity contribution in [1.82, 2.24) is 9.97 Å². The van der Waals surface area contributed by atoms with Crippen LogP contribution >= 0.6 is 11.3 Å². The van der Waals surface area contributed by atoms with Crippen molar-refractivity contribution in [2.24, 2.45) is 5.92 Å². The highest BCUT2D eigenvalue weighted by molar-refractivity contribution is 7.15. The number of rotatable bonds is 6. The van der Waals surface area contributed by atoms with Crippen LogP contribution in [0.1, 0.15) is 37.0 Å². The molecule has 0 radical (unpaired) electrons. The third-order valence-electron chi connectivity index (χ3n) is 3.07. The number of carbonyl (C=O) groups is 1. The molecule has 2 aromatic heterocycles. The van der Waals surface area contributed by atoms with E-state index in [-0.39, 0.29) is 12.4 Å². The van der Waals surface area contributed by atoms with E-state index in [2.05, 4.69) is 37.9 Å². The first kappa shape index (κ1) is 15.8. The number of esters is 1. The third kappa shape index (κ3) is 4.17. The predicted molar refractivity (Wildman–Crippen MR) is 85.5 cm³/mol. The Morgan fingerprint density at radius 2 is 2.19 bits per heavy atom. The number of hydrogen-bond donors (Lipinski definition) is 1. The number of imidazole rings is 1. The van der Waals surface area contributed by atoms with E-state index in [1.54, 1.807) is 11.3 Å². The molecule has 2 aromatic rings. The Morgan fingerprint density at radius 3 is 2.76 bits per heavy atom. The molecule has 0 saturated heterocycles. The van der Waals surface area contributed by atoms with Gasteiger partial charge in [0.2, 0.25) is 0 Å². The summed E-state index contributed by atoms with van der Waals surface area (Å²) in [5.74, 6) is 1.13. The minimum Gasteiger partial charge on any atom is -0.466 e. The van der Waals surface area contributed by atoms with Crippen LogP contribution in [0, 0.1) is 12.8 Å². The number of carbonyl (C=O) groups excluding carboxylic acids is 1. The molecule has 0 fully saturated rings. The van der Waals surface area contributed by atoms with Gasteiger partial charge in [-0.05, 0) is 38.3 Å². The van der Waals surface area contributed by atoms with E-state index in [0.717, 1.165) is 28.5 Å². The summed E-state index contributed by atoms with van der Waals surface area (Å²) < 4.78 is 5.04. The summed E-state index contributed by atoms with van der Waals surface area (Å²) in [6, 6.07) is 4.14. The molecule has 4 nitrogen and oxygen atoms in total. The van der Waals surface area contributed by atoms with E-state index in [4.69, 9.17) is 9.72 Å². The van der Waals surface area contributed by atoms with E-state index in [0.29, 0.717) is 12.5 Å². The molecule has 0 aliphatic rings. The number of hydrogen-bond acceptors (Lipinski definition) is 4. The maximum atomic E-state index is 11.7. The fourth-order valence-corrected chi connectivity index (χ4v) is 2.99. The average Bonchev–Trinajstić information content (AvgIpc) is 2.96. The van der Waals surface area contributed by atoms with Crippen LogP contribution in [0.4, 0.5) is 0 Å². The lowest BCUT2D eigenvalue weighted by Gasteiger charge is -2.05. The van der Waals surface area contributed by atoms with E-state index in [9.17, 15) is 4.79 Å². The van der Waals surface area contributed by atoms with Gasteiger partial charge in [-0.2, -0.15) is 0 Å². The van der Waals surface area contributed by atoms with Gasteiger partial charge in [0, 0.05) is 10.6 Å². The van der Waals surface area contributed by atoms with Crippen LogP contribution < -0.4 is 0 Å². The molecule has 0 unspecified atom stereocenters. The molecule has 21 heavy (non-hydrogen) atoms. The molecule has 1 N–H and O–H groups in total. The lowest BCUT2D eigenvalue weighted by Crippen LogP contribution is -2.10. The van der Waals surface area contributed by atoms with E-state index in [1.165, 1.54) is 4.88 Å². The van der Waals surface area contributed by atoms with Crippen molar-refractivity contribution in [3.05, 3.63) is 28.4 Å². The van der Waals surface area contributed by atoms with E-state index in [1.807, 2.05) is 6.92 Å². The lowest BCUT2D eigenvalue weighted by atomic mass is 10.1. The lowest BCUT2D eigenvalue weighted by molar-refractivity contribution is -0.142. The fourth-order valence-electron chi connectivity index (χ4n) is 2.18. The second kappa shape index (κ2) is 6.89. The summed E-state index contributed by atoms with van der Waals surface area (Å²) in [5.41, 5.74) is 1.85. The van der Waals surface area contributed by atoms with Crippen LogP contribution in [0.15, 0.2) is 12.1 Å². The van der Waals surface area contributed by atoms with Crippen molar-refractivity contribution in [2.45, 2.75) is 40.5 Å². The Balaban J connectivity index is 2.28. The maximum absolute atomic E-state index is 11.7. The molecule has 114 valence electrons. The molecule has 0 aromatic carbocycles. The Labute approximate surface area is 129 Å². The zero-order valence-electron chi connectivity index (χ0n) is 13.0. The number of nitrogens with one attached hydrogen (secondary N) is 1. The van der Waals surface area contributed by atoms with E-state index >= 15 is 0 Å². The van der Waals surface area contributed by atoms with Crippen molar-refractivity contribution in [3.63, 3.8) is 0 Å². The molecule has 2 rings (SSSR count). The van der Waals surface area contributed by atoms with Gasteiger partial charge >= 0.3 is 5.97 Å². The van der Waals surface area contributed by atoms with Crippen LogP contribution in [-0.4, -0.2) is 22.5 Å². The second-order valence-electron chi connectivity index (χ2n) is 5.50. The second-order valence-corrected chi connectivity index (χ2v) is 6.79. The van der Waals surface area contributed by atoms with Crippen molar-refractivity contribution in [3.8, 4) is 10.7 Å². The minimum atomic E-state index is -0.208. The molecule has 0 aliphatic heterocycles. The number of nitrogens with zero attached hydrogens (tertiary/aromatic N) is 1. The molecule has 0 spiro atoms. The SMILES string of the molecule is CCOC(=O)Cc1[nH]c(-c2ccc(C)s2)nc1CC(C)C. The van der Waals surface area contributed by atoms with Crippen molar-refractivity contribution < 1.29 is 9.53 Å². The Hall–Kier alpha value is -1.62. The van der Waals surface area contributed by atoms with Gasteiger partial charge in [0.25, 0.3) is 0 Å². The first-order chi connectivity index (χ1) is 9.99. The smallest absolute Gasteiger partial charge is 0.311 e. The van der Waals surface area contributed by atoms with Crippen molar-refractivity contribution in [1.29, 1.82) is 0 Å². The Kier molecular flexibility index (Phi) is 5.17. The highest BCUT2D eigenvalue weighted by Gasteiger charge is 2.17. The molecule has 0 aliphatic carbocycles. The standard InChI is InChI=1S/C16H22N2O2S/c1-5-20-15(19)9-13-12(8-10(2)3)17-16(18-13)14-7-6-11(4)21-14/h6-7,10H,5,8-9H2,1-4H3,(H,17,18). The average molecular weight is 306 g/mol. The highest BCUT2D eigenvalue weighted by atomic mass is 32.1. The van der Waals surface area contributed by atoms with Crippen molar-refractivity contribution in [2.75, 3.05) is 6.61 Å². The Bertz CT molecular complexity index is 614. The first-order valence-corrected chi connectivity index (χ1v) is 8.11. The first-order valence-electron chi connectivity index (χ1n) is 7.29. The van der Waals surface area contributed by atoms with Gasteiger partial charge in [-0.15, -0.1) is 11.3 Å². The predicted octanol–water partition coefficient (Wildman–Crippen LogP) is 3.75. The Morgan fingerprint density at radius 1 is 1.43 bits per heavy atom. The number of aryl methyl sites for hydroxylation is 1. The van der Waals surface area contributed by atoms with E-state index < -0.39 is 0 Å². The summed E-state index contributed by atoms with van der Waals surface area (Å²) in [4.78, 5) is 22.1. The fraction of sp³-hybridized carbons (Fsp3) is 0.500. The van der Waals surface area contributed by atoms with Gasteiger partial charge in [-0.25, -0.2) is 4.98 Å². The molecule has 0 saturated carbocycles.